The van der Waals surface area contributed by atoms with Crippen molar-refractivity contribution in [2.75, 3.05) is 20.2 Å². The van der Waals surface area contributed by atoms with Gasteiger partial charge in [0.25, 0.3) is 0 Å². The van der Waals surface area contributed by atoms with Crippen molar-refractivity contribution in [3.63, 3.8) is 0 Å². The minimum absolute atomic E-state index is 0.194. The third-order valence-electron chi connectivity index (χ3n) is 3.79. The molecule has 0 aliphatic heterocycles. The van der Waals surface area contributed by atoms with Crippen molar-refractivity contribution in [1.82, 2.24) is 4.90 Å². The van der Waals surface area contributed by atoms with Crippen molar-refractivity contribution >= 4 is 21.5 Å². The topological polar surface area (TPSA) is 23.5 Å². The summed E-state index contributed by atoms with van der Waals surface area (Å²) in [5.74, 6) is 0. The minimum atomic E-state index is 0.194. The largest absolute Gasteiger partial charge is 0.395 e. The molecule has 0 radical (unpaired) electrons. The van der Waals surface area contributed by atoms with Crippen LogP contribution in [0.3, 0.4) is 0 Å². The maximum atomic E-state index is 9.10. The van der Waals surface area contributed by atoms with Gasteiger partial charge in [0, 0.05) is 13.1 Å². The maximum Gasteiger partial charge on any atom is 0.0558 e. The first-order chi connectivity index (χ1) is 9.79. The van der Waals surface area contributed by atoms with Gasteiger partial charge in [-0.1, -0.05) is 48.5 Å². The summed E-state index contributed by atoms with van der Waals surface area (Å²) in [5.41, 5.74) is 1.34. The predicted octanol–water partition coefficient (Wildman–Crippen LogP) is 3.42. The van der Waals surface area contributed by atoms with E-state index < -0.39 is 0 Å². The summed E-state index contributed by atoms with van der Waals surface area (Å²) in [7, 11) is 2.05. The normalized spacial score (nSPS) is 11.6. The summed E-state index contributed by atoms with van der Waals surface area (Å²) in [4.78, 5) is 2.16. The van der Waals surface area contributed by atoms with E-state index >= 15 is 0 Å². The van der Waals surface area contributed by atoms with Crippen molar-refractivity contribution < 1.29 is 5.11 Å². The van der Waals surface area contributed by atoms with Gasteiger partial charge < -0.3 is 5.11 Å². The molecule has 0 heterocycles. The Bertz CT molecular complexity index is 682. The standard InChI is InChI=1S/C18H19NO/c1-19(10-11-20)13-18-16-8-4-2-6-14(16)12-15-7-3-5-9-17(15)18/h2-9,12,20H,10-11,13H2,1H3. The molecule has 0 saturated carbocycles. The SMILES string of the molecule is CN(CCO)Cc1c2ccccc2cc2ccccc12. The van der Waals surface area contributed by atoms with Gasteiger partial charge in [0.15, 0.2) is 0 Å². The zero-order chi connectivity index (χ0) is 13.9. The first-order valence-corrected chi connectivity index (χ1v) is 6.98. The van der Waals surface area contributed by atoms with E-state index in [1.807, 2.05) is 7.05 Å². The zero-order valence-corrected chi connectivity index (χ0v) is 11.7. The van der Waals surface area contributed by atoms with Gasteiger partial charge in [0.2, 0.25) is 0 Å². The molecule has 0 saturated heterocycles. The van der Waals surface area contributed by atoms with Gasteiger partial charge in [-0.25, -0.2) is 0 Å². The molecule has 3 aromatic carbocycles. The Kier molecular flexibility index (Phi) is 3.68. The van der Waals surface area contributed by atoms with E-state index in [2.05, 4.69) is 59.5 Å². The van der Waals surface area contributed by atoms with Gasteiger partial charge >= 0.3 is 0 Å². The monoisotopic (exact) mass is 265 g/mol. The Balaban J connectivity index is 2.22. The van der Waals surface area contributed by atoms with E-state index in [4.69, 9.17) is 5.11 Å². The van der Waals surface area contributed by atoms with Crippen molar-refractivity contribution in [3.8, 4) is 0 Å². The Labute approximate surface area is 119 Å². The number of rotatable bonds is 4. The number of hydrogen-bond acceptors (Lipinski definition) is 2. The molecular formula is C18H19NO. The van der Waals surface area contributed by atoms with Gasteiger partial charge in [-0.2, -0.15) is 0 Å². The van der Waals surface area contributed by atoms with E-state index in [1.54, 1.807) is 0 Å². The van der Waals surface area contributed by atoms with E-state index in [0.717, 1.165) is 6.54 Å². The first-order valence-electron chi connectivity index (χ1n) is 6.98. The van der Waals surface area contributed by atoms with Crippen LogP contribution in [0, 0.1) is 0 Å². The van der Waals surface area contributed by atoms with E-state index in [0.29, 0.717) is 6.54 Å². The lowest BCUT2D eigenvalue weighted by Crippen LogP contribution is -2.21. The quantitative estimate of drug-likeness (QED) is 0.731. The summed E-state index contributed by atoms with van der Waals surface area (Å²) in [6.45, 7) is 1.74. The molecule has 0 unspecified atom stereocenters. The third kappa shape index (κ3) is 2.40. The molecule has 3 aromatic rings. The number of aliphatic hydroxyl groups excluding tert-OH is 1. The second kappa shape index (κ2) is 5.61. The van der Waals surface area contributed by atoms with Crippen LogP contribution >= 0.6 is 0 Å². The highest BCUT2D eigenvalue weighted by Crippen LogP contribution is 2.29. The number of fused-ring (bicyclic) bond motifs is 2. The van der Waals surface area contributed by atoms with Crippen LogP contribution in [0.1, 0.15) is 5.56 Å². The number of hydrogen-bond donors (Lipinski definition) is 1. The molecule has 3 rings (SSSR count). The first kappa shape index (κ1) is 13.1. The van der Waals surface area contributed by atoms with Crippen molar-refractivity contribution in [1.29, 1.82) is 0 Å². The number of nitrogens with zero attached hydrogens (tertiary/aromatic N) is 1. The van der Waals surface area contributed by atoms with E-state index in [1.165, 1.54) is 27.1 Å². The Hall–Kier alpha value is -1.90. The molecule has 0 aliphatic rings. The average molecular weight is 265 g/mol. The highest BCUT2D eigenvalue weighted by atomic mass is 16.3. The van der Waals surface area contributed by atoms with Crippen LogP contribution in [0.25, 0.3) is 21.5 Å². The second-order valence-corrected chi connectivity index (χ2v) is 5.26. The zero-order valence-electron chi connectivity index (χ0n) is 11.7. The van der Waals surface area contributed by atoms with Gasteiger partial charge in [0.1, 0.15) is 0 Å². The summed E-state index contributed by atoms with van der Waals surface area (Å²) >= 11 is 0. The summed E-state index contributed by atoms with van der Waals surface area (Å²) in [5, 5.41) is 14.3. The van der Waals surface area contributed by atoms with Gasteiger partial charge in [-0.05, 0) is 40.2 Å². The van der Waals surface area contributed by atoms with Gasteiger partial charge in [0.05, 0.1) is 6.61 Å². The summed E-state index contributed by atoms with van der Waals surface area (Å²) in [6.07, 6.45) is 0. The Morgan fingerprint density at radius 2 is 1.45 bits per heavy atom. The lowest BCUT2D eigenvalue weighted by molar-refractivity contribution is 0.218. The molecule has 0 bridgehead atoms. The molecule has 0 amide bonds. The fourth-order valence-corrected chi connectivity index (χ4v) is 2.80. The van der Waals surface area contributed by atoms with Crippen LogP contribution in [0.4, 0.5) is 0 Å². The fourth-order valence-electron chi connectivity index (χ4n) is 2.80. The molecule has 0 aliphatic carbocycles. The maximum absolute atomic E-state index is 9.10. The van der Waals surface area contributed by atoms with Gasteiger partial charge in [-0.15, -0.1) is 0 Å². The van der Waals surface area contributed by atoms with Crippen LogP contribution in [0.15, 0.2) is 54.6 Å². The van der Waals surface area contributed by atoms with Crippen LogP contribution in [-0.2, 0) is 6.54 Å². The summed E-state index contributed by atoms with van der Waals surface area (Å²) < 4.78 is 0. The number of aliphatic hydroxyl groups is 1. The highest BCUT2D eigenvalue weighted by Gasteiger charge is 2.09. The second-order valence-electron chi connectivity index (χ2n) is 5.26. The molecule has 2 heteroatoms. The minimum Gasteiger partial charge on any atom is -0.395 e. The van der Waals surface area contributed by atoms with Crippen molar-refractivity contribution in [2.24, 2.45) is 0 Å². The van der Waals surface area contributed by atoms with Crippen LogP contribution in [0.5, 0.6) is 0 Å². The average Bonchev–Trinajstić information content (AvgIpc) is 2.47. The van der Waals surface area contributed by atoms with Crippen molar-refractivity contribution in [3.05, 3.63) is 60.2 Å². The van der Waals surface area contributed by atoms with Crippen LogP contribution < -0.4 is 0 Å². The van der Waals surface area contributed by atoms with E-state index in [-0.39, 0.29) is 6.61 Å². The Morgan fingerprint density at radius 3 is 2.00 bits per heavy atom. The van der Waals surface area contributed by atoms with Gasteiger partial charge in [-0.3, -0.25) is 4.90 Å². The van der Waals surface area contributed by atoms with Crippen molar-refractivity contribution in [2.45, 2.75) is 6.54 Å². The third-order valence-corrected chi connectivity index (χ3v) is 3.79. The molecule has 102 valence electrons. The summed E-state index contributed by atoms with van der Waals surface area (Å²) in [6, 6.07) is 19.3. The van der Waals surface area contributed by atoms with Crippen LogP contribution in [-0.4, -0.2) is 30.2 Å². The molecule has 20 heavy (non-hydrogen) atoms. The molecular weight excluding hydrogens is 246 g/mol. The lowest BCUT2D eigenvalue weighted by atomic mass is 9.96. The molecule has 0 aromatic heterocycles. The van der Waals surface area contributed by atoms with Crippen LogP contribution in [0.2, 0.25) is 0 Å². The molecule has 0 spiro atoms. The van der Waals surface area contributed by atoms with E-state index in [9.17, 15) is 0 Å². The Morgan fingerprint density at radius 1 is 0.900 bits per heavy atom. The lowest BCUT2D eigenvalue weighted by Gasteiger charge is -2.18. The smallest absolute Gasteiger partial charge is 0.0558 e. The highest BCUT2D eigenvalue weighted by molar-refractivity contribution is 6.02. The number of likely N-dealkylation sites (N-methyl/N-ethyl adjacent to an activating group) is 1. The molecule has 1 N–H and O–H groups in total. The molecule has 0 atom stereocenters. The fraction of sp³-hybridized carbons (Fsp3) is 0.222. The molecule has 0 fully saturated rings. The predicted molar refractivity (Wildman–Crippen MR) is 84.9 cm³/mol. The molecule has 2 nitrogen and oxygen atoms in total. The number of benzene rings is 3.